The summed E-state index contributed by atoms with van der Waals surface area (Å²) in [4.78, 5) is 58.6. The number of esters is 3. The number of carbonyl (C=O) groups is 3. The van der Waals surface area contributed by atoms with Gasteiger partial charge in [0.25, 0.3) is 0 Å². The molecule has 616 valence electrons. The Morgan fingerprint density at radius 2 is 0.495 bits per heavy atom. The Balaban J connectivity index is 4.36. The summed E-state index contributed by atoms with van der Waals surface area (Å²) in [7, 11) is -9.79. The lowest BCUT2D eigenvalue weighted by Gasteiger charge is -2.21. The quantitative estimate of drug-likeness (QED) is 0.0146. The summed E-state index contributed by atoms with van der Waals surface area (Å²) in [6.45, 7) is 2.43. The van der Waals surface area contributed by atoms with Crippen LogP contribution in [0.15, 0.2) is 134 Å². The van der Waals surface area contributed by atoms with Gasteiger partial charge in [0.15, 0.2) is 6.10 Å². The molecule has 0 saturated carbocycles. The molecule has 5 unspecified atom stereocenters. The standard InChI is InChI=1S/C89H154O16P2/c1-4-7-10-13-16-19-22-24-26-28-30-32-34-36-38-39-40-41-42-43-45-47-48-50-52-54-56-58-61-63-66-69-72-75-87(92)99-78-84(90)79-101-106(95,96)102-80-85(91)81-103-107(97,98)104-83-86(105-89(94)77-74-71-68-65-60-21-18-15-12-9-6-3)82-100-88(93)76-73-70-67-64-62-59-57-55-53-51-49-46-44-37-35-33-31-29-27-25-23-20-17-14-11-8-5-2/h7-8,10-11,15-20,24-27,30-33,36-38,44,84-86,90-91H,4-6,9,12-14,21-23,28-29,34-35,39-43,45-83H2,1-3H3,(H,95,96)(H,97,98)/b10-7-,11-8-,18-15-,19-16-,20-17-,26-24-,27-25-,32-30-,33-31-,38-36-,44-37-. The van der Waals surface area contributed by atoms with Crippen LogP contribution in [0.5, 0.6) is 0 Å². The van der Waals surface area contributed by atoms with Crippen LogP contribution in [-0.2, 0) is 55.8 Å². The summed E-state index contributed by atoms with van der Waals surface area (Å²) >= 11 is 0. The highest BCUT2D eigenvalue weighted by atomic mass is 31.2. The Morgan fingerprint density at radius 1 is 0.271 bits per heavy atom. The molecule has 5 atom stereocenters. The van der Waals surface area contributed by atoms with E-state index in [9.17, 15) is 43.5 Å². The van der Waals surface area contributed by atoms with Gasteiger partial charge < -0.3 is 34.2 Å². The fraction of sp³-hybridized carbons (Fsp3) is 0.719. The van der Waals surface area contributed by atoms with Crippen LogP contribution in [0.25, 0.3) is 0 Å². The van der Waals surface area contributed by atoms with Gasteiger partial charge in [-0.25, -0.2) is 9.13 Å². The zero-order valence-electron chi connectivity index (χ0n) is 67.5. The number of allylic oxidation sites excluding steroid dienone is 22. The highest BCUT2D eigenvalue weighted by Crippen LogP contribution is 2.45. The van der Waals surface area contributed by atoms with Crippen LogP contribution in [0.1, 0.15) is 355 Å². The maximum atomic E-state index is 12.9. The Labute approximate surface area is 652 Å². The molecule has 0 saturated heterocycles. The molecule has 0 bridgehead atoms. The van der Waals surface area contributed by atoms with E-state index in [2.05, 4.69) is 154 Å². The number of carbonyl (C=O) groups excluding carboxylic acids is 3. The summed E-state index contributed by atoms with van der Waals surface area (Å²) in [5, 5.41) is 20.7. The summed E-state index contributed by atoms with van der Waals surface area (Å²) < 4.78 is 61.2. The summed E-state index contributed by atoms with van der Waals surface area (Å²) in [5.41, 5.74) is 0. The van der Waals surface area contributed by atoms with E-state index in [0.717, 1.165) is 154 Å². The molecule has 0 rings (SSSR count). The van der Waals surface area contributed by atoms with Crippen LogP contribution >= 0.6 is 15.6 Å². The molecule has 0 radical (unpaired) electrons. The molecule has 0 spiro atoms. The van der Waals surface area contributed by atoms with Gasteiger partial charge in [-0.1, -0.05) is 341 Å². The molecule has 16 nitrogen and oxygen atoms in total. The van der Waals surface area contributed by atoms with Crippen LogP contribution in [0, 0.1) is 0 Å². The average molecular weight is 1540 g/mol. The number of hydrogen-bond donors (Lipinski definition) is 4. The van der Waals surface area contributed by atoms with E-state index in [1.54, 1.807) is 0 Å². The largest absolute Gasteiger partial charge is 0.472 e. The van der Waals surface area contributed by atoms with E-state index < -0.39 is 91.5 Å². The Morgan fingerprint density at radius 3 is 0.794 bits per heavy atom. The molecule has 0 aromatic heterocycles. The molecular weight excluding hydrogens is 1390 g/mol. The average Bonchev–Trinajstić information content (AvgIpc) is 0.940. The smallest absolute Gasteiger partial charge is 0.463 e. The second-order valence-electron chi connectivity index (χ2n) is 28.2. The number of unbranched alkanes of at least 4 members (excludes halogenated alkanes) is 35. The summed E-state index contributed by atoms with van der Waals surface area (Å²) in [6.07, 6.45) is 99.6. The Bertz CT molecular complexity index is 2480. The highest BCUT2D eigenvalue weighted by Gasteiger charge is 2.29. The van der Waals surface area contributed by atoms with Gasteiger partial charge in [0.1, 0.15) is 25.4 Å². The van der Waals surface area contributed by atoms with E-state index in [1.165, 1.54) is 141 Å². The zero-order valence-corrected chi connectivity index (χ0v) is 69.3. The van der Waals surface area contributed by atoms with Crippen molar-refractivity contribution in [2.75, 3.05) is 39.6 Å². The van der Waals surface area contributed by atoms with E-state index in [-0.39, 0.29) is 19.3 Å². The number of ether oxygens (including phenoxy) is 3. The van der Waals surface area contributed by atoms with Crippen LogP contribution in [0.4, 0.5) is 0 Å². The lowest BCUT2D eigenvalue weighted by atomic mass is 10.0. The van der Waals surface area contributed by atoms with Crippen molar-refractivity contribution in [3.8, 4) is 0 Å². The van der Waals surface area contributed by atoms with Crippen molar-refractivity contribution in [3.05, 3.63) is 134 Å². The van der Waals surface area contributed by atoms with Crippen LogP contribution < -0.4 is 0 Å². The second kappa shape index (κ2) is 81.2. The van der Waals surface area contributed by atoms with Crippen LogP contribution in [0.2, 0.25) is 0 Å². The van der Waals surface area contributed by atoms with Gasteiger partial charge in [-0.05, 0) is 128 Å². The van der Waals surface area contributed by atoms with E-state index in [0.29, 0.717) is 19.3 Å². The molecule has 107 heavy (non-hydrogen) atoms. The number of phosphoric acid groups is 2. The molecular formula is C89H154O16P2. The van der Waals surface area contributed by atoms with Crippen molar-refractivity contribution in [1.82, 2.24) is 0 Å². The molecule has 0 aliphatic rings. The van der Waals surface area contributed by atoms with E-state index >= 15 is 0 Å². The SMILES string of the molecule is CC/C=C\C/C=C\C/C=C\C/C=C\C/C=C\CCCCCCCCCCCCCCCCCCCC(=O)OCC(O)COP(=O)(O)OCC(O)COP(=O)(O)OCC(COC(=O)CCCCCCCCCCCCC/C=C\C/C=C\C/C=C\C/C=C\C/C=C\CC)OC(=O)CCCCCCC/C=C\CCCC. The summed E-state index contributed by atoms with van der Waals surface area (Å²) in [6, 6.07) is 0. The van der Waals surface area contributed by atoms with Gasteiger partial charge in [0, 0.05) is 19.3 Å². The molecule has 4 N–H and O–H groups in total. The zero-order chi connectivity index (χ0) is 78.0. The molecule has 0 fully saturated rings. The van der Waals surface area contributed by atoms with Crippen molar-refractivity contribution in [1.29, 1.82) is 0 Å². The third kappa shape index (κ3) is 82.5. The van der Waals surface area contributed by atoms with Crippen LogP contribution in [0.3, 0.4) is 0 Å². The third-order valence-electron chi connectivity index (χ3n) is 17.8. The summed E-state index contributed by atoms with van der Waals surface area (Å²) in [5.74, 6) is -1.58. The molecule has 0 amide bonds. The van der Waals surface area contributed by atoms with E-state index in [1.807, 2.05) is 0 Å². The minimum Gasteiger partial charge on any atom is -0.463 e. The fourth-order valence-corrected chi connectivity index (χ4v) is 13.0. The minimum absolute atomic E-state index is 0.0927. The predicted molar refractivity (Wildman–Crippen MR) is 445 cm³/mol. The van der Waals surface area contributed by atoms with E-state index in [4.69, 9.17) is 32.3 Å². The predicted octanol–water partition coefficient (Wildman–Crippen LogP) is 25.4. The second-order valence-corrected chi connectivity index (χ2v) is 31.1. The van der Waals surface area contributed by atoms with Gasteiger partial charge >= 0.3 is 33.6 Å². The van der Waals surface area contributed by atoms with Crippen molar-refractivity contribution >= 4 is 33.6 Å². The third-order valence-corrected chi connectivity index (χ3v) is 19.7. The van der Waals surface area contributed by atoms with Crippen LogP contribution in [-0.4, -0.2) is 95.9 Å². The topological polar surface area (TPSA) is 231 Å². The van der Waals surface area contributed by atoms with Crippen molar-refractivity contribution in [2.45, 2.75) is 373 Å². The van der Waals surface area contributed by atoms with Crippen molar-refractivity contribution in [3.63, 3.8) is 0 Å². The lowest BCUT2D eigenvalue weighted by molar-refractivity contribution is -0.161. The molecule has 0 aromatic rings. The monoisotopic (exact) mass is 1540 g/mol. The number of aliphatic hydroxyl groups is 2. The highest BCUT2D eigenvalue weighted by molar-refractivity contribution is 7.47. The molecule has 18 heteroatoms. The van der Waals surface area contributed by atoms with Gasteiger partial charge in [-0.3, -0.25) is 32.5 Å². The molecule has 0 aromatic carbocycles. The van der Waals surface area contributed by atoms with Gasteiger partial charge in [0.2, 0.25) is 0 Å². The maximum Gasteiger partial charge on any atom is 0.472 e. The molecule has 0 aliphatic heterocycles. The number of aliphatic hydroxyl groups excluding tert-OH is 2. The fourth-order valence-electron chi connectivity index (χ4n) is 11.4. The normalized spacial score (nSPS) is 14.6. The first-order valence-electron chi connectivity index (χ1n) is 42.5. The van der Waals surface area contributed by atoms with Crippen molar-refractivity contribution in [2.24, 2.45) is 0 Å². The van der Waals surface area contributed by atoms with Gasteiger partial charge in [0.05, 0.1) is 26.4 Å². The first-order valence-corrected chi connectivity index (χ1v) is 45.5. The molecule has 0 heterocycles. The number of phosphoric ester groups is 2. The lowest BCUT2D eigenvalue weighted by Crippen LogP contribution is -2.30. The minimum atomic E-state index is -4.93. The molecule has 0 aliphatic carbocycles. The first-order chi connectivity index (χ1) is 52.2. The number of hydrogen-bond acceptors (Lipinski definition) is 14. The Hall–Kier alpha value is -4.31. The first kappa shape index (κ1) is 103. The number of rotatable bonds is 80. The van der Waals surface area contributed by atoms with Gasteiger partial charge in [-0.2, -0.15) is 0 Å². The van der Waals surface area contributed by atoms with Crippen molar-refractivity contribution < 1.29 is 75.8 Å². The Kier molecular flexibility index (Phi) is 77.9. The maximum absolute atomic E-state index is 12.9. The van der Waals surface area contributed by atoms with Gasteiger partial charge in [-0.15, -0.1) is 0 Å².